The fraction of sp³-hybridized carbons (Fsp3) is 0.346. The third-order valence-electron chi connectivity index (χ3n) is 5.99. The van der Waals surface area contributed by atoms with Gasteiger partial charge in [0.2, 0.25) is 11.8 Å². The highest BCUT2D eigenvalue weighted by molar-refractivity contribution is 5.85. The number of hydrogen-bond donors (Lipinski definition) is 2. The number of rotatable bonds is 10. The van der Waals surface area contributed by atoms with Gasteiger partial charge < -0.3 is 19.9 Å². The van der Waals surface area contributed by atoms with E-state index >= 15 is 0 Å². The van der Waals surface area contributed by atoms with Crippen LogP contribution < -0.4 is 10.1 Å². The van der Waals surface area contributed by atoms with E-state index in [9.17, 15) is 23.5 Å². The fourth-order valence-corrected chi connectivity index (χ4v) is 4.17. The largest absolute Gasteiger partial charge is 0.476 e. The number of aromatic nitrogens is 2. The predicted molar refractivity (Wildman–Crippen MR) is 125 cm³/mol. The van der Waals surface area contributed by atoms with Gasteiger partial charge in [-0.2, -0.15) is 5.10 Å². The number of carbonyl (C=O) groups is 2. The molecular weight excluding hydrogens is 472 g/mol. The van der Waals surface area contributed by atoms with Gasteiger partial charge in [0.05, 0.1) is 18.8 Å². The van der Waals surface area contributed by atoms with Crippen molar-refractivity contribution in [1.82, 2.24) is 15.1 Å². The standard InChI is InChI=1S/C26H27F2N3O5/c27-19-10-11-20(28)18(12-19)16-36-25-13-22(26(33)34)30-31(25)14-24(32)29-21-8-4-5-9-23(21)35-15-17-6-2-1-3-7-17/h1-3,6-7,10-13,21,23H,4-5,8-9,14-16H2,(H,29,32)(H,33,34). The minimum atomic E-state index is -1.31. The molecule has 1 aromatic heterocycles. The number of nitrogens with zero attached hydrogens (tertiary/aromatic N) is 2. The van der Waals surface area contributed by atoms with Gasteiger partial charge in [-0.15, -0.1) is 0 Å². The molecule has 1 fully saturated rings. The molecule has 3 aromatic rings. The number of nitrogens with one attached hydrogen (secondary N) is 1. The Morgan fingerprint density at radius 2 is 1.83 bits per heavy atom. The summed E-state index contributed by atoms with van der Waals surface area (Å²) in [7, 11) is 0. The zero-order valence-corrected chi connectivity index (χ0v) is 19.5. The molecule has 1 amide bonds. The van der Waals surface area contributed by atoms with Crippen LogP contribution in [-0.2, 0) is 29.3 Å². The Kier molecular flexibility index (Phi) is 8.27. The lowest BCUT2D eigenvalue weighted by Crippen LogP contribution is -2.47. The number of halogens is 2. The van der Waals surface area contributed by atoms with Gasteiger partial charge in [0, 0.05) is 11.6 Å². The Hall–Kier alpha value is -3.79. The molecule has 1 saturated carbocycles. The average molecular weight is 500 g/mol. The molecule has 36 heavy (non-hydrogen) atoms. The highest BCUT2D eigenvalue weighted by atomic mass is 19.1. The first-order valence-electron chi connectivity index (χ1n) is 11.7. The summed E-state index contributed by atoms with van der Waals surface area (Å²) in [5, 5.41) is 16.2. The minimum Gasteiger partial charge on any atom is -0.476 e. The second-order valence-corrected chi connectivity index (χ2v) is 8.65. The molecule has 2 unspecified atom stereocenters. The van der Waals surface area contributed by atoms with E-state index in [4.69, 9.17) is 9.47 Å². The summed E-state index contributed by atoms with van der Waals surface area (Å²) >= 11 is 0. The summed E-state index contributed by atoms with van der Waals surface area (Å²) in [6.45, 7) is -0.238. The molecule has 1 aliphatic rings. The van der Waals surface area contributed by atoms with Crippen molar-refractivity contribution < 1.29 is 33.0 Å². The van der Waals surface area contributed by atoms with E-state index in [0.29, 0.717) is 6.61 Å². The molecule has 4 rings (SSSR count). The van der Waals surface area contributed by atoms with Crippen molar-refractivity contribution in [1.29, 1.82) is 0 Å². The van der Waals surface area contributed by atoms with E-state index in [1.165, 1.54) is 0 Å². The number of benzene rings is 2. The Morgan fingerprint density at radius 1 is 1.06 bits per heavy atom. The topological polar surface area (TPSA) is 103 Å². The maximum atomic E-state index is 13.9. The van der Waals surface area contributed by atoms with Crippen molar-refractivity contribution >= 4 is 11.9 Å². The van der Waals surface area contributed by atoms with E-state index in [-0.39, 0.29) is 42.4 Å². The molecular formula is C26H27F2N3O5. The Balaban J connectivity index is 1.40. The van der Waals surface area contributed by atoms with Crippen LogP contribution in [0.25, 0.3) is 0 Å². The van der Waals surface area contributed by atoms with Gasteiger partial charge >= 0.3 is 5.97 Å². The molecule has 8 nitrogen and oxygen atoms in total. The van der Waals surface area contributed by atoms with Crippen LogP contribution in [0, 0.1) is 11.6 Å². The van der Waals surface area contributed by atoms with Crippen molar-refractivity contribution in [2.45, 2.75) is 57.6 Å². The van der Waals surface area contributed by atoms with Gasteiger partial charge in [-0.3, -0.25) is 4.79 Å². The first-order chi connectivity index (χ1) is 17.4. The van der Waals surface area contributed by atoms with Crippen molar-refractivity contribution in [2.24, 2.45) is 0 Å². The molecule has 190 valence electrons. The molecule has 0 aliphatic heterocycles. The molecule has 0 radical (unpaired) electrons. The van der Waals surface area contributed by atoms with Crippen LogP contribution in [0.4, 0.5) is 8.78 Å². The second kappa shape index (κ2) is 11.8. The maximum absolute atomic E-state index is 13.9. The summed E-state index contributed by atoms with van der Waals surface area (Å²) < 4.78 is 40.1. The predicted octanol–water partition coefficient (Wildman–Crippen LogP) is 4.08. The molecule has 2 atom stereocenters. The van der Waals surface area contributed by atoms with Crippen molar-refractivity contribution in [3.63, 3.8) is 0 Å². The third-order valence-corrected chi connectivity index (χ3v) is 5.99. The zero-order valence-electron chi connectivity index (χ0n) is 19.5. The van der Waals surface area contributed by atoms with Crippen LogP contribution in [-0.4, -0.2) is 38.9 Å². The van der Waals surface area contributed by atoms with E-state index in [1.807, 2.05) is 30.3 Å². The molecule has 0 saturated heterocycles. The van der Waals surface area contributed by atoms with Crippen molar-refractivity contribution in [3.8, 4) is 5.88 Å². The normalized spacial score (nSPS) is 17.5. The number of carboxylic acids is 1. The first kappa shape index (κ1) is 25.3. The number of carboxylic acid groups (broad SMARTS) is 1. The molecule has 2 N–H and O–H groups in total. The van der Waals surface area contributed by atoms with Crippen LogP contribution in [0.15, 0.2) is 54.6 Å². The van der Waals surface area contributed by atoms with Crippen LogP contribution in [0.2, 0.25) is 0 Å². The number of ether oxygens (including phenoxy) is 2. The van der Waals surface area contributed by atoms with Gasteiger partial charge in [-0.1, -0.05) is 43.2 Å². The summed E-state index contributed by atoms with van der Waals surface area (Å²) in [4.78, 5) is 24.3. The summed E-state index contributed by atoms with van der Waals surface area (Å²) in [6.07, 6.45) is 3.38. The van der Waals surface area contributed by atoms with Crippen LogP contribution in [0.1, 0.15) is 47.3 Å². The SMILES string of the molecule is O=C(Cn1nc(C(=O)O)cc1OCc1cc(F)ccc1F)NC1CCCCC1OCc1ccccc1. The summed E-state index contributed by atoms with van der Waals surface area (Å²) in [5.41, 5.74) is 0.659. The van der Waals surface area contributed by atoms with Crippen LogP contribution in [0.5, 0.6) is 5.88 Å². The number of hydrogen-bond acceptors (Lipinski definition) is 5. The number of aromatic carboxylic acids is 1. The van der Waals surface area contributed by atoms with Gasteiger partial charge in [0.25, 0.3) is 0 Å². The number of carbonyl (C=O) groups excluding carboxylic acids is 1. The summed E-state index contributed by atoms with van der Waals surface area (Å²) in [5.74, 6) is -3.05. The van der Waals surface area contributed by atoms with E-state index in [2.05, 4.69) is 10.4 Å². The highest BCUT2D eigenvalue weighted by Crippen LogP contribution is 2.23. The highest BCUT2D eigenvalue weighted by Gasteiger charge is 2.28. The molecule has 1 heterocycles. The molecule has 0 bridgehead atoms. The van der Waals surface area contributed by atoms with E-state index < -0.39 is 23.5 Å². The first-order valence-corrected chi connectivity index (χ1v) is 11.7. The van der Waals surface area contributed by atoms with Crippen LogP contribution in [0.3, 0.4) is 0 Å². The lowest BCUT2D eigenvalue weighted by molar-refractivity contribution is -0.124. The lowest BCUT2D eigenvalue weighted by Gasteiger charge is -2.32. The molecule has 1 aliphatic carbocycles. The Labute approximate surface area is 206 Å². The average Bonchev–Trinajstić information content (AvgIpc) is 3.27. The third kappa shape index (κ3) is 6.66. The quantitative estimate of drug-likeness (QED) is 0.436. The van der Waals surface area contributed by atoms with Gasteiger partial charge in [-0.25, -0.2) is 18.3 Å². The smallest absolute Gasteiger partial charge is 0.356 e. The minimum absolute atomic E-state index is 0.0493. The second-order valence-electron chi connectivity index (χ2n) is 8.65. The van der Waals surface area contributed by atoms with Gasteiger partial charge in [0.15, 0.2) is 5.69 Å². The molecule has 0 spiro atoms. The zero-order chi connectivity index (χ0) is 25.5. The van der Waals surface area contributed by atoms with Crippen LogP contribution >= 0.6 is 0 Å². The Morgan fingerprint density at radius 3 is 2.61 bits per heavy atom. The maximum Gasteiger partial charge on any atom is 0.356 e. The van der Waals surface area contributed by atoms with E-state index in [1.54, 1.807) is 0 Å². The monoisotopic (exact) mass is 499 g/mol. The lowest BCUT2D eigenvalue weighted by atomic mass is 9.92. The van der Waals surface area contributed by atoms with E-state index in [0.717, 1.165) is 60.2 Å². The fourth-order valence-electron chi connectivity index (χ4n) is 4.17. The van der Waals surface area contributed by atoms with Gasteiger partial charge in [0.1, 0.15) is 24.8 Å². The molecule has 10 heteroatoms. The summed E-state index contributed by atoms with van der Waals surface area (Å²) in [6, 6.07) is 13.7. The van der Waals surface area contributed by atoms with Gasteiger partial charge in [-0.05, 0) is 36.6 Å². The Bertz CT molecular complexity index is 1200. The molecule has 2 aromatic carbocycles. The van der Waals surface area contributed by atoms with Crippen molar-refractivity contribution in [3.05, 3.63) is 83.1 Å². The number of amides is 1. The van der Waals surface area contributed by atoms with Crippen molar-refractivity contribution in [2.75, 3.05) is 0 Å².